The molecule has 2 bridgehead atoms. The predicted molar refractivity (Wildman–Crippen MR) is 38.1 cm³/mol. The van der Waals surface area contributed by atoms with E-state index >= 15 is 0 Å². The van der Waals surface area contributed by atoms with Gasteiger partial charge in [0.05, 0.1) is 6.61 Å². The SMILES string of the molecule is C[C@@]12CCC[C@@](C(F)(F)F)(CO1)O2. The van der Waals surface area contributed by atoms with E-state index in [0.29, 0.717) is 12.8 Å². The van der Waals surface area contributed by atoms with Crippen molar-refractivity contribution in [3.8, 4) is 0 Å². The van der Waals surface area contributed by atoms with E-state index < -0.39 is 17.6 Å². The molecular weight excluding hydrogens is 185 g/mol. The highest BCUT2D eigenvalue weighted by Gasteiger charge is 2.65. The molecule has 2 heterocycles. The third kappa shape index (κ3) is 1.25. The lowest BCUT2D eigenvalue weighted by Crippen LogP contribution is -2.51. The van der Waals surface area contributed by atoms with Crippen LogP contribution < -0.4 is 0 Å². The van der Waals surface area contributed by atoms with E-state index in [-0.39, 0.29) is 13.0 Å². The Morgan fingerprint density at radius 1 is 1.23 bits per heavy atom. The average Bonchev–Trinajstić information content (AvgIpc) is 2.22. The van der Waals surface area contributed by atoms with Gasteiger partial charge in [0.15, 0.2) is 11.4 Å². The first-order valence-electron chi connectivity index (χ1n) is 4.28. The Morgan fingerprint density at radius 2 is 1.92 bits per heavy atom. The summed E-state index contributed by atoms with van der Waals surface area (Å²) in [5.41, 5.74) is -2.03. The summed E-state index contributed by atoms with van der Waals surface area (Å²) in [6.45, 7) is 1.21. The van der Waals surface area contributed by atoms with Crippen molar-refractivity contribution in [2.45, 2.75) is 43.8 Å². The summed E-state index contributed by atoms with van der Waals surface area (Å²) in [4.78, 5) is 0. The number of hydrogen-bond donors (Lipinski definition) is 0. The molecule has 0 unspecified atom stereocenters. The topological polar surface area (TPSA) is 18.5 Å². The lowest BCUT2D eigenvalue weighted by atomic mass is 9.93. The number of rotatable bonds is 0. The van der Waals surface area contributed by atoms with Gasteiger partial charge in [0.2, 0.25) is 0 Å². The first-order valence-corrected chi connectivity index (χ1v) is 4.28. The predicted octanol–water partition coefficient (Wildman–Crippen LogP) is 2.23. The highest BCUT2D eigenvalue weighted by Crippen LogP contribution is 2.50. The van der Waals surface area contributed by atoms with Crippen molar-refractivity contribution in [3.05, 3.63) is 0 Å². The molecule has 0 amide bonds. The normalized spacial score (nSPS) is 45.2. The number of hydrogen-bond acceptors (Lipinski definition) is 2. The average molecular weight is 196 g/mol. The molecule has 0 saturated carbocycles. The minimum Gasteiger partial charge on any atom is -0.347 e. The molecular formula is C8H11F3O2. The maximum absolute atomic E-state index is 12.6. The van der Waals surface area contributed by atoms with Crippen molar-refractivity contribution in [1.29, 1.82) is 0 Å². The van der Waals surface area contributed by atoms with E-state index in [1.54, 1.807) is 6.92 Å². The fourth-order valence-electron chi connectivity index (χ4n) is 1.96. The van der Waals surface area contributed by atoms with Crippen LogP contribution in [0.5, 0.6) is 0 Å². The van der Waals surface area contributed by atoms with Crippen LogP contribution in [0, 0.1) is 0 Å². The van der Waals surface area contributed by atoms with Crippen LogP contribution >= 0.6 is 0 Å². The van der Waals surface area contributed by atoms with E-state index in [0.717, 1.165) is 0 Å². The smallest absolute Gasteiger partial charge is 0.347 e. The van der Waals surface area contributed by atoms with Crippen molar-refractivity contribution in [3.63, 3.8) is 0 Å². The second kappa shape index (κ2) is 2.39. The fraction of sp³-hybridized carbons (Fsp3) is 1.00. The number of ether oxygens (including phenoxy) is 2. The van der Waals surface area contributed by atoms with Crippen molar-refractivity contribution >= 4 is 0 Å². The van der Waals surface area contributed by atoms with Gasteiger partial charge in [-0.1, -0.05) is 0 Å². The third-order valence-electron chi connectivity index (χ3n) is 2.75. The van der Waals surface area contributed by atoms with Crippen LogP contribution in [0.4, 0.5) is 13.2 Å². The van der Waals surface area contributed by atoms with Gasteiger partial charge in [0.25, 0.3) is 0 Å². The van der Waals surface area contributed by atoms with Gasteiger partial charge in [-0.15, -0.1) is 0 Å². The first-order chi connectivity index (χ1) is 5.87. The molecule has 2 aliphatic rings. The van der Waals surface area contributed by atoms with Gasteiger partial charge in [-0.2, -0.15) is 13.2 Å². The molecule has 2 aliphatic heterocycles. The maximum Gasteiger partial charge on any atom is 0.419 e. The van der Waals surface area contributed by atoms with E-state index in [1.807, 2.05) is 0 Å². The number of alkyl halides is 3. The van der Waals surface area contributed by atoms with Crippen molar-refractivity contribution < 1.29 is 22.6 Å². The molecule has 5 heteroatoms. The summed E-state index contributed by atoms with van der Waals surface area (Å²) in [7, 11) is 0. The Morgan fingerprint density at radius 3 is 2.46 bits per heavy atom. The largest absolute Gasteiger partial charge is 0.419 e. The zero-order valence-corrected chi connectivity index (χ0v) is 7.28. The summed E-state index contributed by atoms with van der Waals surface area (Å²) >= 11 is 0. The quantitative estimate of drug-likeness (QED) is 0.591. The Hall–Kier alpha value is -0.290. The highest BCUT2D eigenvalue weighted by atomic mass is 19.4. The van der Waals surface area contributed by atoms with E-state index in [1.165, 1.54) is 0 Å². The van der Waals surface area contributed by atoms with Gasteiger partial charge < -0.3 is 9.47 Å². The molecule has 2 atom stereocenters. The number of halogens is 3. The van der Waals surface area contributed by atoms with Gasteiger partial charge in [-0.05, 0) is 19.8 Å². The Labute approximate surface area is 74.0 Å². The summed E-state index contributed by atoms with van der Waals surface area (Å²) in [6, 6.07) is 0. The monoisotopic (exact) mass is 196 g/mol. The molecule has 2 rings (SSSR count). The molecule has 0 aliphatic carbocycles. The molecule has 76 valence electrons. The fourth-order valence-corrected chi connectivity index (χ4v) is 1.96. The van der Waals surface area contributed by atoms with Crippen LogP contribution in [0.1, 0.15) is 26.2 Å². The molecule has 2 nitrogen and oxygen atoms in total. The van der Waals surface area contributed by atoms with E-state index in [4.69, 9.17) is 9.47 Å². The van der Waals surface area contributed by atoms with Crippen molar-refractivity contribution in [1.82, 2.24) is 0 Å². The van der Waals surface area contributed by atoms with Crippen LogP contribution in [0.2, 0.25) is 0 Å². The molecule has 0 radical (unpaired) electrons. The summed E-state index contributed by atoms with van der Waals surface area (Å²) in [5.74, 6) is -1.01. The molecule has 0 N–H and O–H groups in total. The minimum absolute atomic E-state index is 0.0199. The third-order valence-corrected chi connectivity index (χ3v) is 2.75. The van der Waals surface area contributed by atoms with E-state index in [9.17, 15) is 13.2 Å². The van der Waals surface area contributed by atoms with Gasteiger partial charge in [-0.25, -0.2) is 0 Å². The van der Waals surface area contributed by atoms with Gasteiger partial charge in [0.1, 0.15) is 0 Å². The summed E-state index contributed by atoms with van der Waals surface area (Å²) < 4.78 is 47.8. The second-order valence-electron chi connectivity index (χ2n) is 3.87. The van der Waals surface area contributed by atoms with Crippen LogP contribution in [-0.2, 0) is 9.47 Å². The Bertz CT molecular complexity index is 228. The van der Waals surface area contributed by atoms with Crippen LogP contribution in [0.3, 0.4) is 0 Å². The lowest BCUT2D eigenvalue weighted by molar-refractivity contribution is -0.303. The molecule has 2 fully saturated rings. The molecule has 0 aromatic heterocycles. The summed E-state index contributed by atoms with van der Waals surface area (Å²) in [6.07, 6.45) is -3.24. The Kier molecular flexibility index (Phi) is 1.70. The Balaban J connectivity index is 2.26. The second-order valence-corrected chi connectivity index (χ2v) is 3.87. The first kappa shape index (κ1) is 9.27. The van der Waals surface area contributed by atoms with Crippen LogP contribution in [-0.4, -0.2) is 24.2 Å². The summed E-state index contributed by atoms with van der Waals surface area (Å²) in [5, 5.41) is 0. The molecule has 13 heavy (non-hydrogen) atoms. The van der Waals surface area contributed by atoms with Crippen molar-refractivity contribution in [2.75, 3.05) is 6.61 Å². The van der Waals surface area contributed by atoms with Gasteiger partial charge >= 0.3 is 6.18 Å². The van der Waals surface area contributed by atoms with Gasteiger partial charge in [0, 0.05) is 6.42 Å². The highest BCUT2D eigenvalue weighted by molar-refractivity contribution is 4.98. The molecule has 2 saturated heterocycles. The molecule has 0 aromatic rings. The van der Waals surface area contributed by atoms with Crippen LogP contribution in [0.25, 0.3) is 0 Å². The standard InChI is InChI=1S/C8H11F3O2/c1-6-3-2-4-7(13-6,5-12-6)8(9,10)11/h2-5H2,1H3/t6-,7+/m1/s1. The number of fused-ring (bicyclic) bond motifs is 2. The molecule has 0 spiro atoms. The minimum atomic E-state index is -4.31. The lowest BCUT2D eigenvalue weighted by Gasteiger charge is -2.36. The van der Waals surface area contributed by atoms with Crippen LogP contribution in [0.15, 0.2) is 0 Å². The van der Waals surface area contributed by atoms with E-state index in [2.05, 4.69) is 0 Å². The molecule has 0 aromatic carbocycles. The zero-order chi connectivity index (χ0) is 9.74. The zero-order valence-electron chi connectivity index (χ0n) is 7.28. The maximum atomic E-state index is 12.6. The van der Waals surface area contributed by atoms with Crippen molar-refractivity contribution in [2.24, 2.45) is 0 Å². The van der Waals surface area contributed by atoms with Gasteiger partial charge in [-0.3, -0.25) is 0 Å².